The van der Waals surface area contributed by atoms with E-state index in [2.05, 4.69) is 59.3 Å². The van der Waals surface area contributed by atoms with Crippen molar-refractivity contribution in [2.75, 3.05) is 13.2 Å². The fraction of sp³-hybridized carbons (Fsp3) is 0.320. The first kappa shape index (κ1) is 22.7. The maximum Gasteiger partial charge on any atom is 0.422 e. The van der Waals surface area contributed by atoms with E-state index in [9.17, 15) is 13.2 Å². The van der Waals surface area contributed by atoms with Gasteiger partial charge in [-0.3, -0.25) is 4.90 Å². The van der Waals surface area contributed by atoms with Gasteiger partial charge in [-0.25, -0.2) is 4.98 Å². The van der Waals surface area contributed by atoms with Crippen LogP contribution >= 0.6 is 11.8 Å². The number of benzene rings is 2. The molecule has 0 bridgehead atoms. The predicted octanol–water partition coefficient (Wildman–Crippen LogP) is 6.43. The van der Waals surface area contributed by atoms with E-state index in [1.165, 1.54) is 27.7 Å². The Hall–Kier alpha value is -2.51. The Kier molecular flexibility index (Phi) is 7.06. The molecule has 2 heterocycles. The van der Waals surface area contributed by atoms with Gasteiger partial charge in [-0.1, -0.05) is 42.5 Å². The number of fused-ring (bicyclic) bond motifs is 1. The predicted molar refractivity (Wildman–Crippen MR) is 121 cm³/mol. The molecule has 1 aliphatic heterocycles. The molecule has 0 fully saturated rings. The topological polar surface area (TPSA) is 25.4 Å². The third-order valence-electron chi connectivity index (χ3n) is 5.64. The molecule has 1 atom stereocenters. The summed E-state index contributed by atoms with van der Waals surface area (Å²) in [5.41, 5.74) is 4.98. The van der Waals surface area contributed by atoms with Crippen molar-refractivity contribution in [3.8, 4) is 5.88 Å². The molecule has 0 amide bonds. The Labute approximate surface area is 190 Å². The highest BCUT2D eigenvalue weighted by atomic mass is 32.2. The Balaban J connectivity index is 1.38. The van der Waals surface area contributed by atoms with Gasteiger partial charge in [0.2, 0.25) is 5.88 Å². The fourth-order valence-electron chi connectivity index (χ4n) is 3.81. The third-order valence-corrected chi connectivity index (χ3v) is 6.71. The van der Waals surface area contributed by atoms with Gasteiger partial charge >= 0.3 is 6.18 Å². The molecule has 0 saturated heterocycles. The van der Waals surface area contributed by atoms with Crippen molar-refractivity contribution in [3.63, 3.8) is 0 Å². The quantitative estimate of drug-likeness (QED) is 0.381. The SMILES string of the molecule is CC(c1ccc(OCC(F)(F)F)nc1)N1CCc2ccc(SCc3ccccc3)cc2C1. The summed E-state index contributed by atoms with van der Waals surface area (Å²) < 4.78 is 41.7. The van der Waals surface area contributed by atoms with Gasteiger partial charge < -0.3 is 4.74 Å². The van der Waals surface area contributed by atoms with Crippen molar-refractivity contribution in [2.24, 2.45) is 0 Å². The van der Waals surface area contributed by atoms with E-state index in [-0.39, 0.29) is 11.9 Å². The standard InChI is InChI=1S/C25H25F3N2OS/c1-18(21-8-10-24(29-14-21)31-17-25(26,27)28)30-12-11-20-7-9-23(13-22(20)15-30)32-16-19-5-3-2-4-6-19/h2-10,13-14,18H,11-12,15-17H2,1H3. The molecular formula is C25H25F3N2OS. The number of thioether (sulfide) groups is 1. The second kappa shape index (κ2) is 9.96. The number of rotatable bonds is 7. The summed E-state index contributed by atoms with van der Waals surface area (Å²) in [6.07, 6.45) is -1.78. The Bertz CT molecular complexity index is 1030. The van der Waals surface area contributed by atoms with Crippen LogP contribution in [0.3, 0.4) is 0 Å². The highest BCUT2D eigenvalue weighted by Crippen LogP contribution is 2.31. The zero-order valence-electron chi connectivity index (χ0n) is 17.8. The van der Waals surface area contributed by atoms with Crippen LogP contribution in [0.4, 0.5) is 13.2 Å². The molecule has 1 aliphatic rings. The fourth-order valence-corrected chi connectivity index (χ4v) is 4.72. The summed E-state index contributed by atoms with van der Waals surface area (Å²) in [7, 11) is 0. The maximum atomic E-state index is 12.3. The molecule has 0 spiro atoms. The Morgan fingerprint density at radius 2 is 1.88 bits per heavy atom. The van der Waals surface area contributed by atoms with Gasteiger partial charge in [-0.2, -0.15) is 13.2 Å². The summed E-state index contributed by atoms with van der Waals surface area (Å²) >= 11 is 1.84. The maximum absolute atomic E-state index is 12.3. The number of aromatic nitrogens is 1. The van der Waals surface area contributed by atoms with Gasteiger partial charge in [0.15, 0.2) is 6.61 Å². The van der Waals surface area contributed by atoms with Crippen LogP contribution < -0.4 is 4.74 Å². The summed E-state index contributed by atoms with van der Waals surface area (Å²) in [6, 6.07) is 20.6. The average Bonchev–Trinajstić information content (AvgIpc) is 2.81. The first-order valence-electron chi connectivity index (χ1n) is 10.6. The van der Waals surface area contributed by atoms with Crippen LogP contribution in [0.2, 0.25) is 0 Å². The monoisotopic (exact) mass is 458 g/mol. The van der Waals surface area contributed by atoms with E-state index in [0.29, 0.717) is 0 Å². The molecule has 3 nitrogen and oxygen atoms in total. The Morgan fingerprint density at radius 3 is 2.59 bits per heavy atom. The van der Waals surface area contributed by atoms with Gasteiger partial charge in [0, 0.05) is 42.0 Å². The first-order chi connectivity index (χ1) is 15.4. The van der Waals surface area contributed by atoms with E-state index >= 15 is 0 Å². The number of hydrogen-bond donors (Lipinski definition) is 0. The number of nitrogens with zero attached hydrogens (tertiary/aromatic N) is 2. The molecule has 0 saturated carbocycles. The molecule has 0 N–H and O–H groups in total. The number of halogens is 3. The second-order valence-electron chi connectivity index (χ2n) is 7.93. The molecule has 1 unspecified atom stereocenters. The van der Waals surface area contributed by atoms with E-state index in [0.717, 1.165) is 30.8 Å². The lowest BCUT2D eigenvalue weighted by molar-refractivity contribution is -0.154. The average molecular weight is 459 g/mol. The van der Waals surface area contributed by atoms with Crippen molar-refractivity contribution in [2.45, 2.75) is 42.8 Å². The van der Waals surface area contributed by atoms with Crippen LogP contribution in [0.5, 0.6) is 5.88 Å². The molecule has 0 aliphatic carbocycles. The van der Waals surface area contributed by atoms with Crippen molar-refractivity contribution < 1.29 is 17.9 Å². The third kappa shape index (κ3) is 6.04. The molecule has 1 aromatic heterocycles. The van der Waals surface area contributed by atoms with E-state index < -0.39 is 12.8 Å². The molecule has 0 radical (unpaired) electrons. The lowest BCUT2D eigenvalue weighted by Crippen LogP contribution is -2.33. The zero-order valence-corrected chi connectivity index (χ0v) is 18.6. The summed E-state index contributed by atoms with van der Waals surface area (Å²) in [4.78, 5) is 7.69. The molecule has 7 heteroatoms. The smallest absolute Gasteiger partial charge is 0.422 e. The van der Waals surface area contributed by atoms with Crippen molar-refractivity contribution in [1.82, 2.24) is 9.88 Å². The minimum atomic E-state index is -4.37. The molecular weight excluding hydrogens is 433 g/mol. The van der Waals surface area contributed by atoms with Crippen molar-refractivity contribution in [3.05, 3.63) is 89.1 Å². The number of ether oxygens (including phenoxy) is 1. The second-order valence-corrected chi connectivity index (χ2v) is 8.98. The largest absolute Gasteiger partial charge is 0.468 e. The number of hydrogen-bond acceptors (Lipinski definition) is 4. The molecule has 4 rings (SSSR count). The minimum Gasteiger partial charge on any atom is -0.468 e. The van der Waals surface area contributed by atoms with E-state index in [4.69, 9.17) is 4.74 Å². The normalized spacial score (nSPS) is 15.2. The molecule has 168 valence electrons. The number of alkyl halides is 3. The van der Waals surface area contributed by atoms with Gasteiger partial charge in [0.25, 0.3) is 0 Å². The van der Waals surface area contributed by atoms with Crippen LogP contribution in [0.1, 0.15) is 35.2 Å². The lowest BCUT2D eigenvalue weighted by atomic mass is 9.97. The van der Waals surface area contributed by atoms with Gasteiger partial charge in [-0.05, 0) is 47.7 Å². The van der Waals surface area contributed by atoms with Gasteiger partial charge in [0.05, 0.1) is 0 Å². The summed E-state index contributed by atoms with van der Waals surface area (Å²) in [5, 5.41) is 0. The van der Waals surface area contributed by atoms with Gasteiger partial charge in [-0.15, -0.1) is 11.8 Å². The summed E-state index contributed by atoms with van der Waals surface area (Å²) in [5.74, 6) is 0.927. The Morgan fingerprint density at radius 1 is 1.06 bits per heavy atom. The van der Waals surface area contributed by atoms with Crippen molar-refractivity contribution >= 4 is 11.8 Å². The zero-order chi connectivity index (χ0) is 22.6. The minimum absolute atomic E-state index is 0.0117. The highest BCUT2D eigenvalue weighted by Gasteiger charge is 2.29. The van der Waals surface area contributed by atoms with E-state index in [1.54, 1.807) is 12.3 Å². The van der Waals surface area contributed by atoms with Crippen LogP contribution in [-0.2, 0) is 18.7 Å². The highest BCUT2D eigenvalue weighted by molar-refractivity contribution is 7.98. The molecule has 32 heavy (non-hydrogen) atoms. The van der Waals surface area contributed by atoms with Gasteiger partial charge in [0.1, 0.15) is 0 Å². The van der Waals surface area contributed by atoms with Crippen molar-refractivity contribution in [1.29, 1.82) is 0 Å². The summed E-state index contributed by atoms with van der Waals surface area (Å²) in [6.45, 7) is 2.54. The number of pyridine rings is 1. The van der Waals surface area contributed by atoms with Crippen LogP contribution in [0, 0.1) is 0 Å². The first-order valence-corrected chi connectivity index (χ1v) is 11.5. The van der Waals surface area contributed by atoms with Crippen LogP contribution in [0.15, 0.2) is 71.8 Å². The molecule has 3 aromatic rings. The molecule has 2 aromatic carbocycles. The lowest BCUT2D eigenvalue weighted by Gasteiger charge is -2.34. The van der Waals surface area contributed by atoms with Crippen LogP contribution in [-0.4, -0.2) is 29.2 Å². The van der Waals surface area contributed by atoms with E-state index in [1.807, 2.05) is 17.8 Å². The van der Waals surface area contributed by atoms with Crippen LogP contribution in [0.25, 0.3) is 0 Å².